The van der Waals surface area contributed by atoms with E-state index in [-0.39, 0.29) is 23.2 Å². The Bertz CT molecular complexity index is 1720. The Hall–Kier alpha value is -4.15. The van der Waals surface area contributed by atoms with E-state index in [0.717, 1.165) is 47.5 Å². The summed E-state index contributed by atoms with van der Waals surface area (Å²) in [5.74, 6) is -0.822. The SMILES string of the molecule is CCC(C)C(/C=C1\CN(C)CCN1C)=Nc1cc(-c2ccc(F)c(NC(=O)c3cc4ccccc4s3)c2C)n[nH]c1=O. The van der Waals surface area contributed by atoms with E-state index in [1.54, 1.807) is 25.1 Å². The number of anilines is 1. The smallest absolute Gasteiger partial charge is 0.290 e. The molecule has 1 unspecified atom stereocenters. The summed E-state index contributed by atoms with van der Waals surface area (Å²) in [4.78, 5) is 35.7. The lowest BCUT2D eigenvalue weighted by atomic mass is 10.0. The van der Waals surface area contributed by atoms with Crippen LogP contribution in [0.25, 0.3) is 21.3 Å². The number of nitrogens with one attached hydrogen (secondary N) is 2. The van der Waals surface area contributed by atoms with Gasteiger partial charge in [-0.1, -0.05) is 32.0 Å². The molecule has 1 aliphatic heterocycles. The highest BCUT2D eigenvalue weighted by Gasteiger charge is 2.20. The number of fused-ring (bicyclic) bond motifs is 1. The van der Waals surface area contributed by atoms with Crippen molar-refractivity contribution in [2.45, 2.75) is 27.2 Å². The second kappa shape index (κ2) is 12.4. The molecule has 0 saturated carbocycles. The summed E-state index contributed by atoms with van der Waals surface area (Å²) in [7, 11) is 4.16. The molecular weight excluding hydrogens is 551 g/mol. The van der Waals surface area contributed by atoms with Gasteiger partial charge in [-0.3, -0.25) is 14.5 Å². The van der Waals surface area contributed by atoms with E-state index in [1.807, 2.05) is 24.3 Å². The first-order chi connectivity index (χ1) is 20.1. The number of allylic oxidation sites excluding steroid dienone is 1. The molecule has 2 aromatic carbocycles. The number of aliphatic imine (C=N–C) groups is 1. The van der Waals surface area contributed by atoms with Crippen LogP contribution in [0.15, 0.2) is 70.1 Å². The van der Waals surface area contributed by atoms with Crippen LogP contribution in [0.1, 0.15) is 35.5 Å². The first kappa shape index (κ1) is 29.3. The molecule has 1 amide bonds. The average molecular weight is 587 g/mol. The summed E-state index contributed by atoms with van der Waals surface area (Å²) in [5.41, 5.74) is 3.33. The van der Waals surface area contributed by atoms with Crippen molar-refractivity contribution in [2.75, 3.05) is 39.0 Å². The van der Waals surface area contributed by atoms with Crippen LogP contribution in [0.5, 0.6) is 0 Å². The largest absolute Gasteiger partial charge is 0.375 e. The second-order valence-electron chi connectivity index (χ2n) is 10.8. The van der Waals surface area contributed by atoms with E-state index in [9.17, 15) is 9.59 Å². The number of aromatic amines is 1. The number of thiophene rings is 1. The highest BCUT2D eigenvalue weighted by molar-refractivity contribution is 7.20. The molecule has 0 radical (unpaired) electrons. The second-order valence-corrected chi connectivity index (χ2v) is 11.9. The third-order valence-corrected chi connectivity index (χ3v) is 8.90. The van der Waals surface area contributed by atoms with Gasteiger partial charge in [0.15, 0.2) is 0 Å². The van der Waals surface area contributed by atoms with Crippen LogP contribution in [0.3, 0.4) is 0 Å². The van der Waals surface area contributed by atoms with Gasteiger partial charge in [0, 0.05) is 48.4 Å². The lowest BCUT2D eigenvalue weighted by Gasteiger charge is -2.34. The maximum Gasteiger partial charge on any atom is 0.290 e. The van der Waals surface area contributed by atoms with Crippen molar-refractivity contribution in [3.8, 4) is 11.3 Å². The number of piperazine rings is 1. The van der Waals surface area contributed by atoms with Crippen LogP contribution in [-0.2, 0) is 0 Å². The van der Waals surface area contributed by atoms with Gasteiger partial charge in [0.2, 0.25) is 0 Å². The minimum atomic E-state index is -0.555. The Kier molecular flexibility index (Phi) is 8.65. The van der Waals surface area contributed by atoms with Crippen LogP contribution in [-0.4, -0.2) is 65.3 Å². The predicted octanol–water partition coefficient (Wildman–Crippen LogP) is 6.23. The molecule has 5 rings (SSSR count). The van der Waals surface area contributed by atoms with Crippen LogP contribution < -0.4 is 10.9 Å². The van der Waals surface area contributed by atoms with Crippen molar-refractivity contribution >= 4 is 44.4 Å². The van der Waals surface area contributed by atoms with Gasteiger partial charge in [-0.15, -0.1) is 11.3 Å². The normalized spacial score (nSPS) is 16.3. The summed E-state index contributed by atoms with van der Waals surface area (Å²) in [5, 5.41) is 10.5. The van der Waals surface area contributed by atoms with E-state index in [4.69, 9.17) is 4.99 Å². The standard InChI is InChI=1S/C32H35FN6O2S/c1-6-19(2)25(16-22-18-38(4)13-14-39(22)5)34-27-17-26(36-37-31(27)40)23-11-12-24(33)30(20(23)3)35-32(41)29-15-21-9-7-8-10-28(21)42-29/h7-12,15-17,19H,6,13-14,18H2,1-5H3,(H,35,41)(H,37,40)/b22-16+,34-25?. The lowest BCUT2D eigenvalue weighted by Crippen LogP contribution is -2.41. The molecule has 0 spiro atoms. The van der Waals surface area contributed by atoms with Crippen molar-refractivity contribution in [1.29, 1.82) is 0 Å². The zero-order chi connectivity index (χ0) is 30.0. The number of rotatable bonds is 7. The first-order valence-corrected chi connectivity index (χ1v) is 14.8. The minimum Gasteiger partial charge on any atom is -0.375 e. The van der Waals surface area contributed by atoms with Gasteiger partial charge in [0.25, 0.3) is 11.5 Å². The quantitative estimate of drug-likeness (QED) is 0.251. The lowest BCUT2D eigenvalue weighted by molar-refractivity contribution is 0.103. The number of hydrogen-bond donors (Lipinski definition) is 2. The van der Waals surface area contributed by atoms with E-state index in [0.29, 0.717) is 21.7 Å². The molecule has 10 heteroatoms. The van der Waals surface area contributed by atoms with Gasteiger partial charge in [-0.2, -0.15) is 5.10 Å². The molecule has 2 N–H and O–H groups in total. The van der Waals surface area contributed by atoms with Gasteiger partial charge in [0.1, 0.15) is 11.5 Å². The topological polar surface area (TPSA) is 93.7 Å². The van der Waals surface area contributed by atoms with E-state index < -0.39 is 11.4 Å². The van der Waals surface area contributed by atoms with Gasteiger partial charge in [-0.05, 0) is 73.7 Å². The van der Waals surface area contributed by atoms with Crippen molar-refractivity contribution in [3.63, 3.8) is 0 Å². The molecule has 3 heterocycles. The average Bonchev–Trinajstić information content (AvgIpc) is 3.42. The number of hydrogen-bond acceptors (Lipinski definition) is 7. The number of H-pyrrole nitrogens is 1. The van der Waals surface area contributed by atoms with Crippen LogP contribution in [0.2, 0.25) is 0 Å². The van der Waals surface area contributed by atoms with Gasteiger partial charge < -0.3 is 10.2 Å². The number of likely N-dealkylation sites (N-methyl/N-ethyl adjacent to an activating group) is 2. The molecule has 1 atom stereocenters. The summed E-state index contributed by atoms with van der Waals surface area (Å²) >= 11 is 1.35. The van der Waals surface area contributed by atoms with Crippen molar-refractivity contribution in [1.82, 2.24) is 20.0 Å². The molecule has 0 bridgehead atoms. The van der Waals surface area contributed by atoms with Gasteiger partial charge >= 0.3 is 0 Å². The van der Waals surface area contributed by atoms with Crippen molar-refractivity contribution in [2.24, 2.45) is 10.9 Å². The van der Waals surface area contributed by atoms with Crippen molar-refractivity contribution in [3.05, 3.63) is 86.9 Å². The molecule has 8 nitrogen and oxygen atoms in total. The molecule has 1 fully saturated rings. The number of carbonyl (C=O) groups excluding carboxylic acids is 1. The molecule has 42 heavy (non-hydrogen) atoms. The summed E-state index contributed by atoms with van der Waals surface area (Å²) < 4.78 is 16.0. The number of benzene rings is 2. The van der Waals surface area contributed by atoms with Gasteiger partial charge in [-0.25, -0.2) is 14.5 Å². The van der Waals surface area contributed by atoms with Gasteiger partial charge in [0.05, 0.1) is 16.3 Å². The van der Waals surface area contributed by atoms with E-state index in [1.165, 1.54) is 17.4 Å². The zero-order valence-electron chi connectivity index (χ0n) is 24.5. The number of aromatic nitrogens is 2. The fourth-order valence-electron chi connectivity index (χ4n) is 4.90. The Morgan fingerprint density at radius 3 is 2.76 bits per heavy atom. The highest BCUT2D eigenvalue weighted by Crippen LogP contribution is 2.32. The number of amides is 1. The number of carbonyl (C=O) groups is 1. The monoisotopic (exact) mass is 586 g/mol. The molecule has 4 aromatic rings. The third-order valence-electron chi connectivity index (χ3n) is 7.78. The first-order valence-electron chi connectivity index (χ1n) is 14.0. The fourth-order valence-corrected chi connectivity index (χ4v) is 5.85. The minimum absolute atomic E-state index is 0.0718. The van der Waals surface area contributed by atoms with E-state index in [2.05, 4.69) is 59.3 Å². The predicted molar refractivity (Wildman–Crippen MR) is 170 cm³/mol. The summed E-state index contributed by atoms with van der Waals surface area (Å²) in [6.45, 7) is 8.61. The number of nitrogens with zero attached hydrogens (tertiary/aromatic N) is 4. The molecule has 1 saturated heterocycles. The molecule has 1 aliphatic rings. The van der Waals surface area contributed by atoms with Crippen LogP contribution in [0, 0.1) is 18.7 Å². The van der Waals surface area contributed by atoms with Crippen LogP contribution in [0.4, 0.5) is 15.8 Å². The number of halogens is 1. The Morgan fingerprint density at radius 2 is 2.00 bits per heavy atom. The molecule has 0 aliphatic carbocycles. The third kappa shape index (κ3) is 6.19. The Labute approximate surface area is 248 Å². The highest BCUT2D eigenvalue weighted by atomic mass is 32.1. The fraction of sp³-hybridized carbons (Fsp3) is 0.312. The zero-order valence-corrected chi connectivity index (χ0v) is 25.3. The van der Waals surface area contributed by atoms with E-state index >= 15 is 4.39 Å². The Balaban J connectivity index is 1.50. The summed E-state index contributed by atoms with van der Waals surface area (Å²) in [6, 6.07) is 14.0. The molecular formula is C32H35FN6O2S. The maximum absolute atomic E-state index is 15.0. The maximum atomic E-state index is 15.0. The van der Waals surface area contributed by atoms with Crippen LogP contribution >= 0.6 is 11.3 Å². The summed E-state index contributed by atoms with van der Waals surface area (Å²) in [6.07, 6.45) is 2.94. The Morgan fingerprint density at radius 1 is 1.21 bits per heavy atom. The van der Waals surface area contributed by atoms with Crippen molar-refractivity contribution < 1.29 is 9.18 Å². The molecule has 218 valence electrons. The molecule has 2 aromatic heterocycles.